The summed E-state index contributed by atoms with van der Waals surface area (Å²) in [6, 6.07) is 8.40. The van der Waals surface area contributed by atoms with Crippen molar-refractivity contribution < 1.29 is 9.90 Å². The van der Waals surface area contributed by atoms with Crippen LogP contribution >= 0.6 is 0 Å². The molecule has 0 amide bonds. The minimum atomic E-state index is -0.857. The Labute approximate surface area is 101 Å². The van der Waals surface area contributed by atoms with Gasteiger partial charge in [-0.1, -0.05) is 19.9 Å². The highest BCUT2D eigenvalue weighted by Crippen LogP contribution is 2.20. The molecule has 0 radical (unpaired) electrons. The number of nitriles is 1. The molecule has 0 saturated carbocycles. The molecular weight excluding hydrogens is 216 g/mol. The van der Waals surface area contributed by atoms with Gasteiger partial charge >= 0.3 is 5.97 Å². The number of hydrogen-bond acceptors (Lipinski definition) is 3. The normalized spacial score (nSPS) is 11.9. The van der Waals surface area contributed by atoms with E-state index in [2.05, 4.69) is 0 Å². The topological polar surface area (TPSA) is 64.3 Å². The van der Waals surface area contributed by atoms with Crippen molar-refractivity contribution in [2.24, 2.45) is 5.92 Å². The summed E-state index contributed by atoms with van der Waals surface area (Å²) < 4.78 is 0. The summed E-state index contributed by atoms with van der Waals surface area (Å²) in [5, 5.41) is 18.0. The average molecular weight is 232 g/mol. The molecule has 4 heteroatoms. The molecule has 0 aliphatic carbocycles. The number of benzene rings is 1. The van der Waals surface area contributed by atoms with Crippen molar-refractivity contribution in [3.63, 3.8) is 0 Å². The second-order valence-corrected chi connectivity index (χ2v) is 4.30. The Morgan fingerprint density at radius 1 is 1.47 bits per heavy atom. The summed E-state index contributed by atoms with van der Waals surface area (Å²) in [6.45, 7) is 3.73. The number of anilines is 1. The lowest BCUT2D eigenvalue weighted by atomic mass is 10.0. The third-order valence-electron chi connectivity index (χ3n) is 2.68. The monoisotopic (exact) mass is 232 g/mol. The van der Waals surface area contributed by atoms with Crippen molar-refractivity contribution in [2.75, 3.05) is 11.9 Å². The highest BCUT2D eigenvalue weighted by molar-refractivity contribution is 5.78. The molecule has 0 fully saturated rings. The Hall–Kier alpha value is -2.02. The van der Waals surface area contributed by atoms with Gasteiger partial charge in [0, 0.05) is 12.7 Å². The molecule has 1 atom stereocenters. The molecule has 1 aromatic rings. The number of nitrogens with zero attached hydrogens (tertiary/aromatic N) is 2. The Morgan fingerprint density at radius 2 is 2.12 bits per heavy atom. The van der Waals surface area contributed by atoms with E-state index in [4.69, 9.17) is 5.26 Å². The number of likely N-dealkylation sites (N-methyl/N-ethyl adjacent to an activating group) is 1. The molecule has 0 aliphatic rings. The van der Waals surface area contributed by atoms with E-state index in [1.165, 1.54) is 0 Å². The van der Waals surface area contributed by atoms with E-state index >= 15 is 0 Å². The molecule has 0 aromatic heterocycles. The molecule has 17 heavy (non-hydrogen) atoms. The van der Waals surface area contributed by atoms with Gasteiger partial charge in [0.2, 0.25) is 0 Å². The number of hydrogen-bond donors (Lipinski definition) is 1. The smallest absolute Gasteiger partial charge is 0.326 e. The van der Waals surface area contributed by atoms with Crippen LogP contribution in [-0.2, 0) is 4.79 Å². The van der Waals surface area contributed by atoms with Crippen LogP contribution in [0.3, 0.4) is 0 Å². The van der Waals surface area contributed by atoms with Gasteiger partial charge in [0.15, 0.2) is 0 Å². The Bertz CT molecular complexity index is 449. The second kappa shape index (κ2) is 5.35. The molecule has 0 spiro atoms. The predicted octanol–water partition coefficient (Wildman–Crippen LogP) is 2.10. The van der Waals surface area contributed by atoms with E-state index in [1.54, 1.807) is 36.2 Å². The van der Waals surface area contributed by atoms with E-state index in [0.717, 1.165) is 5.69 Å². The van der Waals surface area contributed by atoms with Gasteiger partial charge in [0.05, 0.1) is 11.6 Å². The van der Waals surface area contributed by atoms with Crippen molar-refractivity contribution >= 4 is 11.7 Å². The van der Waals surface area contributed by atoms with E-state index in [1.807, 2.05) is 19.9 Å². The van der Waals surface area contributed by atoms with Crippen LogP contribution in [0.2, 0.25) is 0 Å². The van der Waals surface area contributed by atoms with E-state index in [0.29, 0.717) is 5.56 Å². The third kappa shape index (κ3) is 2.97. The van der Waals surface area contributed by atoms with Gasteiger partial charge in [-0.2, -0.15) is 5.26 Å². The molecule has 0 bridgehead atoms. The number of carboxylic acids is 1. The van der Waals surface area contributed by atoms with Crippen LogP contribution in [-0.4, -0.2) is 24.2 Å². The number of carboxylic acid groups (broad SMARTS) is 1. The first kappa shape index (κ1) is 13.0. The van der Waals surface area contributed by atoms with Gasteiger partial charge < -0.3 is 10.0 Å². The van der Waals surface area contributed by atoms with Gasteiger partial charge in [-0.25, -0.2) is 4.79 Å². The first-order chi connectivity index (χ1) is 7.97. The van der Waals surface area contributed by atoms with Crippen molar-refractivity contribution in [1.82, 2.24) is 0 Å². The van der Waals surface area contributed by atoms with Gasteiger partial charge in [0.1, 0.15) is 6.04 Å². The van der Waals surface area contributed by atoms with Crippen LogP contribution < -0.4 is 4.90 Å². The number of carbonyl (C=O) groups is 1. The second-order valence-electron chi connectivity index (χ2n) is 4.30. The van der Waals surface area contributed by atoms with Crippen LogP contribution in [0.15, 0.2) is 24.3 Å². The maximum atomic E-state index is 11.2. The van der Waals surface area contributed by atoms with Gasteiger partial charge in [-0.15, -0.1) is 0 Å². The Balaban J connectivity index is 3.05. The molecule has 1 unspecified atom stereocenters. The molecule has 0 aliphatic heterocycles. The Kier molecular flexibility index (Phi) is 4.11. The summed E-state index contributed by atoms with van der Waals surface area (Å²) in [4.78, 5) is 12.9. The highest BCUT2D eigenvalue weighted by atomic mass is 16.4. The fraction of sp³-hybridized carbons (Fsp3) is 0.385. The van der Waals surface area contributed by atoms with Crippen LogP contribution in [0.5, 0.6) is 0 Å². The summed E-state index contributed by atoms with van der Waals surface area (Å²) >= 11 is 0. The van der Waals surface area contributed by atoms with Gasteiger partial charge in [-0.05, 0) is 24.1 Å². The van der Waals surface area contributed by atoms with Gasteiger partial charge in [0.25, 0.3) is 0 Å². The van der Waals surface area contributed by atoms with Crippen molar-refractivity contribution in [3.8, 4) is 6.07 Å². The van der Waals surface area contributed by atoms with Crippen molar-refractivity contribution in [3.05, 3.63) is 29.8 Å². The Morgan fingerprint density at radius 3 is 2.59 bits per heavy atom. The minimum Gasteiger partial charge on any atom is -0.480 e. The quantitative estimate of drug-likeness (QED) is 0.863. The molecule has 4 nitrogen and oxygen atoms in total. The predicted molar refractivity (Wildman–Crippen MR) is 65.8 cm³/mol. The zero-order chi connectivity index (χ0) is 13.0. The lowest BCUT2D eigenvalue weighted by molar-refractivity contribution is -0.139. The lowest BCUT2D eigenvalue weighted by Gasteiger charge is -2.29. The number of aliphatic carboxylic acids is 1. The third-order valence-corrected chi connectivity index (χ3v) is 2.68. The van der Waals surface area contributed by atoms with Crippen molar-refractivity contribution in [1.29, 1.82) is 5.26 Å². The molecule has 1 aromatic carbocycles. The molecule has 0 saturated heterocycles. The molecule has 1 N–H and O–H groups in total. The first-order valence-electron chi connectivity index (χ1n) is 5.43. The highest BCUT2D eigenvalue weighted by Gasteiger charge is 2.26. The van der Waals surface area contributed by atoms with Crippen LogP contribution in [0.25, 0.3) is 0 Å². The summed E-state index contributed by atoms with van der Waals surface area (Å²) in [5.41, 5.74) is 1.27. The summed E-state index contributed by atoms with van der Waals surface area (Å²) in [7, 11) is 1.73. The average Bonchev–Trinajstić information content (AvgIpc) is 2.28. The minimum absolute atomic E-state index is 0.0109. The molecule has 0 heterocycles. The van der Waals surface area contributed by atoms with E-state index in [9.17, 15) is 9.90 Å². The maximum absolute atomic E-state index is 11.2. The molecule has 90 valence electrons. The summed E-state index contributed by atoms with van der Waals surface area (Å²) in [5.74, 6) is -0.867. The largest absolute Gasteiger partial charge is 0.480 e. The standard InChI is InChI=1S/C13H16N2O2/c1-9(2)12(13(16)17)15(3)11-6-4-5-10(7-11)8-14/h4-7,9,12H,1-3H3,(H,16,17). The van der Waals surface area contributed by atoms with E-state index < -0.39 is 12.0 Å². The fourth-order valence-corrected chi connectivity index (χ4v) is 1.85. The van der Waals surface area contributed by atoms with Crippen molar-refractivity contribution in [2.45, 2.75) is 19.9 Å². The maximum Gasteiger partial charge on any atom is 0.326 e. The summed E-state index contributed by atoms with van der Waals surface area (Å²) in [6.07, 6.45) is 0. The zero-order valence-corrected chi connectivity index (χ0v) is 10.2. The van der Waals surface area contributed by atoms with Crippen LogP contribution in [0.1, 0.15) is 19.4 Å². The van der Waals surface area contributed by atoms with Crippen LogP contribution in [0.4, 0.5) is 5.69 Å². The van der Waals surface area contributed by atoms with Gasteiger partial charge in [-0.3, -0.25) is 0 Å². The van der Waals surface area contributed by atoms with Crippen LogP contribution in [0, 0.1) is 17.2 Å². The number of rotatable bonds is 4. The SMILES string of the molecule is CC(C)C(C(=O)O)N(C)c1cccc(C#N)c1. The van der Waals surface area contributed by atoms with E-state index in [-0.39, 0.29) is 5.92 Å². The zero-order valence-electron chi connectivity index (χ0n) is 10.2. The molecule has 1 rings (SSSR count). The molecular formula is C13H16N2O2. The first-order valence-corrected chi connectivity index (χ1v) is 5.43. The fourth-order valence-electron chi connectivity index (χ4n) is 1.85. The lowest BCUT2D eigenvalue weighted by Crippen LogP contribution is -2.42.